The van der Waals surface area contributed by atoms with Crippen molar-refractivity contribution in [2.45, 2.75) is 32.7 Å². The van der Waals surface area contributed by atoms with Gasteiger partial charge in [0.15, 0.2) is 0 Å². The Bertz CT molecular complexity index is 419. The quantitative estimate of drug-likeness (QED) is 0.645. The van der Waals surface area contributed by atoms with Gasteiger partial charge in [-0.25, -0.2) is 0 Å². The smallest absolute Gasteiger partial charge is 0.273 e. The number of halogens is 1. The van der Waals surface area contributed by atoms with Crippen LogP contribution in [-0.4, -0.2) is 18.0 Å². The van der Waals surface area contributed by atoms with Gasteiger partial charge in [-0.1, -0.05) is 35.8 Å². The molecular weight excluding hydrogens is 296 g/mol. The van der Waals surface area contributed by atoms with E-state index in [4.69, 9.17) is 0 Å². The molecule has 1 aromatic rings. The molecule has 1 N–H and O–H groups in total. The molecule has 0 aromatic heterocycles. The lowest BCUT2D eigenvalue weighted by atomic mass is 9.92. The minimum absolute atomic E-state index is 0.196. The summed E-state index contributed by atoms with van der Waals surface area (Å²) in [6.07, 6.45) is 1.73. The fourth-order valence-corrected chi connectivity index (χ4v) is 2.61. The maximum atomic E-state index is 11.0. The van der Waals surface area contributed by atoms with Crippen molar-refractivity contribution in [3.05, 3.63) is 38.3 Å². The van der Waals surface area contributed by atoms with Crippen LogP contribution in [0.5, 0.6) is 0 Å². The molecule has 0 fully saturated rings. The molecule has 2 atom stereocenters. The van der Waals surface area contributed by atoms with Gasteiger partial charge in [-0.15, -0.1) is 0 Å². The number of nitro benzene ring substituents is 1. The first-order valence-corrected chi connectivity index (χ1v) is 6.89. The van der Waals surface area contributed by atoms with Crippen LogP contribution in [-0.2, 0) is 6.42 Å². The van der Waals surface area contributed by atoms with Crippen LogP contribution >= 0.6 is 15.9 Å². The molecular formula is C13H19BrN2O2. The lowest BCUT2D eigenvalue weighted by Gasteiger charge is -2.22. The van der Waals surface area contributed by atoms with Gasteiger partial charge in [-0.3, -0.25) is 10.1 Å². The van der Waals surface area contributed by atoms with Gasteiger partial charge in [-0.05, 0) is 31.9 Å². The monoisotopic (exact) mass is 314 g/mol. The van der Waals surface area contributed by atoms with Gasteiger partial charge in [0.25, 0.3) is 5.69 Å². The van der Waals surface area contributed by atoms with Crippen LogP contribution in [0.2, 0.25) is 0 Å². The summed E-state index contributed by atoms with van der Waals surface area (Å²) in [4.78, 5) is 10.7. The maximum absolute atomic E-state index is 11.0. The van der Waals surface area contributed by atoms with Crippen molar-refractivity contribution in [3.63, 3.8) is 0 Å². The summed E-state index contributed by atoms with van der Waals surface area (Å²) in [5.41, 5.74) is 0.992. The molecule has 0 amide bonds. The summed E-state index contributed by atoms with van der Waals surface area (Å²) in [7, 11) is 1.93. The van der Waals surface area contributed by atoms with E-state index in [9.17, 15) is 10.1 Å². The van der Waals surface area contributed by atoms with Gasteiger partial charge >= 0.3 is 0 Å². The van der Waals surface area contributed by atoms with Crippen molar-refractivity contribution in [2.75, 3.05) is 7.05 Å². The normalized spacial score (nSPS) is 14.2. The number of benzene rings is 1. The molecule has 2 unspecified atom stereocenters. The first-order chi connectivity index (χ1) is 8.49. The van der Waals surface area contributed by atoms with E-state index >= 15 is 0 Å². The van der Waals surface area contributed by atoms with Gasteiger partial charge < -0.3 is 5.32 Å². The molecule has 1 rings (SSSR count). The van der Waals surface area contributed by atoms with Gasteiger partial charge in [0, 0.05) is 22.1 Å². The molecule has 1 aromatic carbocycles. The van der Waals surface area contributed by atoms with Gasteiger partial charge in [0.2, 0.25) is 0 Å². The molecule has 0 bridgehead atoms. The minimum Gasteiger partial charge on any atom is -0.317 e. The van der Waals surface area contributed by atoms with E-state index in [0.717, 1.165) is 16.5 Å². The Labute approximate surface area is 116 Å². The first-order valence-electron chi connectivity index (χ1n) is 6.09. The van der Waals surface area contributed by atoms with Gasteiger partial charge in [0.1, 0.15) is 0 Å². The SMILES string of the molecule is CCC(NC)C(C)Cc1ccc(Br)cc1[N+](=O)[O-]. The molecule has 18 heavy (non-hydrogen) atoms. The second-order valence-electron chi connectivity index (χ2n) is 4.51. The van der Waals surface area contributed by atoms with Gasteiger partial charge in [0.05, 0.1) is 4.92 Å². The van der Waals surface area contributed by atoms with E-state index in [1.54, 1.807) is 6.07 Å². The zero-order valence-electron chi connectivity index (χ0n) is 10.9. The van der Waals surface area contributed by atoms with E-state index in [1.165, 1.54) is 0 Å². The number of hydrogen-bond donors (Lipinski definition) is 1. The Morgan fingerprint density at radius 2 is 2.17 bits per heavy atom. The molecule has 4 nitrogen and oxygen atoms in total. The maximum Gasteiger partial charge on any atom is 0.273 e. The largest absolute Gasteiger partial charge is 0.317 e. The number of nitro groups is 1. The van der Waals surface area contributed by atoms with Gasteiger partial charge in [-0.2, -0.15) is 0 Å². The summed E-state index contributed by atoms with van der Waals surface area (Å²) >= 11 is 3.27. The summed E-state index contributed by atoms with van der Waals surface area (Å²) in [6, 6.07) is 5.65. The van der Waals surface area contributed by atoms with Crippen molar-refractivity contribution in [1.29, 1.82) is 0 Å². The number of hydrogen-bond acceptors (Lipinski definition) is 3. The van der Waals surface area contributed by atoms with Crippen molar-refractivity contribution >= 4 is 21.6 Å². The Hall–Kier alpha value is -0.940. The highest BCUT2D eigenvalue weighted by atomic mass is 79.9. The van der Waals surface area contributed by atoms with Crippen LogP contribution < -0.4 is 5.32 Å². The molecule has 0 aliphatic rings. The van der Waals surface area contributed by atoms with E-state index in [0.29, 0.717) is 18.4 Å². The highest BCUT2D eigenvalue weighted by Gasteiger charge is 2.20. The Balaban J connectivity index is 2.93. The fourth-order valence-electron chi connectivity index (χ4n) is 2.26. The lowest BCUT2D eigenvalue weighted by molar-refractivity contribution is -0.385. The molecule has 0 heterocycles. The molecule has 100 valence electrons. The number of nitrogens with one attached hydrogen (secondary N) is 1. The lowest BCUT2D eigenvalue weighted by Crippen LogP contribution is -2.32. The van der Waals surface area contributed by atoms with Crippen LogP contribution in [0, 0.1) is 16.0 Å². The zero-order valence-corrected chi connectivity index (χ0v) is 12.5. The summed E-state index contributed by atoms with van der Waals surface area (Å²) in [5, 5.41) is 14.3. The Morgan fingerprint density at radius 3 is 2.67 bits per heavy atom. The Kier molecular flexibility index (Phi) is 5.75. The summed E-state index contributed by atoms with van der Waals surface area (Å²) in [6.45, 7) is 4.24. The highest BCUT2D eigenvalue weighted by Crippen LogP contribution is 2.26. The van der Waals surface area contributed by atoms with Crippen molar-refractivity contribution in [1.82, 2.24) is 5.32 Å². The van der Waals surface area contributed by atoms with E-state index in [-0.39, 0.29) is 10.6 Å². The number of rotatable bonds is 6. The van der Waals surface area contributed by atoms with Crippen LogP contribution in [0.4, 0.5) is 5.69 Å². The fraction of sp³-hybridized carbons (Fsp3) is 0.538. The average Bonchev–Trinajstić information content (AvgIpc) is 2.32. The third-order valence-electron chi connectivity index (χ3n) is 3.28. The minimum atomic E-state index is -0.312. The Morgan fingerprint density at radius 1 is 1.50 bits per heavy atom. The summed E-state index contributed by atoms with van der Waals surface area (Å²) in [5.74, 6) is 0.361. The first kappa shape index (κ1) is 15.1. The predicted octanol–water partition coefficient (Wildman–Crippen LogP) is 3.53. The molecule has 0 saturated heterocycles. The predicted molar refractivity (Wildman–Crippen MR) is 76.8 cm³/mol. The van der Waals surface area contributed by atoms with Crippen LogP contribution in [0.1, 0.15) is 25.8 Å². The molecule has 5 heteroatoms. The number of nitrogens with zero attached hydrogens (tertiary/aromatic N) is 1. The van der Waals surface area contributed by atoms with E-state index in [1.807, 2.05) is 19.2 Å². The van der Waals surface area contributed by atoms with E-state index in [2.05, 4.69) is 35.1 Å². The molecule has 0 spiro atoms. The van der Waals surface area contributed by atoms with Crippen molar-refractivity contribution in [2.24, 2.45) is 5.92 Å². The van der Waals surface area contributed by atoms with Crippen molar-refractivity contribution < 1.29 is 4.92 Å². The van der Waals surface area contributed by atoms with Crippen molar-refractivity contribution in [3.8, 4) is 0 Å². The summed E-state index contributed by atoms with van der Waals surface area (Å²) < 4.78 is 0.742. The molecule has 0 aliphatic heterocycles. The second kappa shape index (κ2) is 6.85. The molecule has 0 saturated carbocycles. The van der Waals surface area contributed by atoms with Crippen LogP contribution in [0.15, 0.2) is 22.7 Å². The highest BCUT2D eigenvalue weighted by molar-refractivity contribution is 9.10. The average molecular weight is 315 g/mol. The van der Waals surface area contributed by atoms with E-state index < -0.39 is 0 Å². The zero-order chi connectivity index (χ0) is 13.7. The third kappa shape index (κ3) is 3.78. The second-order valence-corrected chi connectivity index (χ2v) is 5.43. The topological polar surface area (TPSA) is 55.2 Å². The molecule has 0 radical (unpaired) electrons. The standard InChI is InChI=1S/C13H19BrN2O2/c1-4-12(15-3)9(2)7-10-5-6-11(14)8-13(10)16(17)18/h5-6,8-9,12,15H,4,7H2,1-3H3. The third-order valence-corrected chi connectivity index (χ3v) is 3.78. The van der Waals surface area contributed by atoms with Crippen LogP contribution in [0.25, 0.3) is 0 Å². The van der Waals surface area contributed by atoms with Crippen LogP contribution in [0.3, 0.4) is 0 Å². The molecule has 0 aliphatic carbocycles.